The van der Waals surface area contributed by atoms with Gasteiger partial charge in [0.15, 0.2) is 0 Å². The molecular formula is C21H42N4O4. The fourth-order valence-corrected chi connectivity index (χ4v) is 2.19. The number of likely N-dealkylation sites (N-methyl/N-ethyl adjacent to an activating group) is 1. The number of aliphatic carboxylic acids is 1. The molecule has 0 aromatic rings. The van der Waals surface area contributed by atoms with Crippen LogP contribution < -0.4 is 10.7 Å². The van der Waals surface area contributed by atoms with E-state index in [4.69, 9.17) is 5.11 Å². The minimum absolute atomic E-state index is 0.0317. The molecule has 8 nitrogen and oxygen atoms in total. The number of nitrogens with one attached hydrogen (secondary N) is 2. The van der Waals surface area contributed by atoms with Crippen molar-refractivity contribution in [3.63, 3.8) is 0 Å². The highest BCUT2D eigenvalue weighted by molar-refractivity contribution is 5.86. The van der Waals surface area contributed by atoms with Gasteiger partial charge in [-0.25, -0.2) is 15.0 Å². The molecule has 3 amide bonds. The number of carbonyl (C=O) groups excluding carboxylic acids is 2. The summed E-state index contributed by atoms with van der Waals surface area (Å²) in [4.78, 5) is 36.8. The number of nitrogens with zero attached hydrogens (tertiary/aromatic N) is 2. The first kappa shape index (κ1) is 29.1. The first-order chi connectivity index (χ1) is 13.0. The lowest BCUT2D eigenvalue weighted by atomic mass is 10.00. The van der Waals surface area contributed by atoms with Gasteiger partial charge in [0.25, 0.3) is 0 Å². The average molecular weight is 415 g/mol. The molecule has 0 aliphatic rings. The van der Waals surface area contributed by atoms with Crippen molar-refractivity contribution in [2.45, 2.75) is 73.9 Å². The second kappa shape index (κ2) is 13.2. The van der Waals surface area contributed by atoms with E-state index in [-0.39, 0.29) is 35.5 Å². The van der Waals surface area contributed by atoms with Crippen LogP contribution in [0.1, 0.15) is 62.3 Å². The standard InChI is InChI=1S/C17H32N4O4.C4H10/c1-11(2)13(9-12(3)15(23)24)20(7)14(22)10-18-16(25)21(8)19-17(4,5)6;1-4(2)3/h9,11,13,19H,10H2,1-8H3,(H,18,25)(H,23,24);4H,1-3H3/b12-9+;/t13-;/m1./s1. The molecule has 0 aromatic heterocycles. The maximum absolute atomic E-state index is 12.3. The van der Waals surface area contributed by atoms with E-state index in [0.29, 0.717) is 0 Å². The highest BCUT2D eigenvalue weighted by atomic mass is 16.4. The Bertz CT molecular complexity index is 563. The van der Waals surface area contributed by atoms with Gasteiger partial charge in [0.1, 0.15) is 0 Å². The predicted molar refractivity (Wildman–Crippen MR) is 117 cm³/mol. The Morgan fingerprint density at radius 2 is 1.48 bits per heavy atom. The monoisotopic (exact) mass is 414 g/mol. The summed E-state index contributed by atoms with van der Waals surface area (Å²) >= 11 is 0. The molecule has 0 aliphatic carbocycles. The summed E-state index contributed by atoms with van der Waals surface area (Å²) < 4.78 is 0. The van der Waals surface area contributed by atoms with E-state index < -0.39 is 12.0 Å². The van der Waals surface area contributed by atoms with Gasteiger partial charge in [-0.2, -0.15) is 0 Å². The van der Waals surface area contributed by atoms with Crippen LogP contribution in [0.15, 0.2) is 11.6 Å². The number of rotatable bonds is 7. The summed E-state index contributed by atoms with van der Waals surface area (Å²) in [5, 5.41) is 12.9. The third kappa shape index (κ3) is 14.5. The van der Waals surface area contributed by atoms with Crippen molar-refractivity contribution in [1.29, 1.82) is 0 Å². The van der Waals surface area contributed by atoms with Crippen LogP contribution in [0.3, 0.4) is 0 Å². The number of urea groups is 1. The van der Waals surface area contributed by atoms with Crippen molar-refractivity contribution in [1.82, 2.24) is 20.7 Å². The van der Waals surface area contributed by atoms with E-state index in [2.05, 4.69) is 31.5 Å². The molecule has 0 unspecified atom stereocenters. The fourth-order valence-electron chi connectivity index (χ4n) is 2.19. The zero-order valence-corrected chi connectivity index (χ0v) is 20.1. The van der Waals surface area contributed by atoms with Crippen LogP contribution in [-0.4, -0.2) is 65.1 Å². The summed E-state index contributed by atoms with van der Waals surface area (Å²) in [7, 11) is 3.17. The highest BCUT2D eigenvalue weighted by Crippen LogP contribution is 2.13. The summed E-state index contributed by atoms with van der Waals surface area (Å²) in [6.07, 6.45) is 1.56. The summed E-state index contributed by atoms with van der Waals surface area (Å²) in [6, 6.07) is -0.791. The minimum atomic E-state index is -1.02. The quantitative estimate of drug-likeness (QED) is 0.439. The predicted octanol–water partition coefficient (Wildman–Crippen LogP) is 3.11. The number of carbonyl (C=O) groups is 3. The maximum atomic E-state index is 12.3. The molecule has 29 heavy (non-hydrogen) atoms. The van der Waals surface area contributed by atoms with Gasteiger partial charge in [-0.3, -0.25) is 9.80 Å². The SMILES string of the molecule is C/C(=C\[C@H](C(C)C)N(C)C(=O)CNC(=O)N(C)NC(C)(C)C)C(=O)O.CC(C)C. The zero-order chi connectivity index (χ0) is 23.5. The Hall–Kier alpha value is -2.09. The smallest absolute Gasteiger partial charge is 0.331 e. The van der Waals surface area contributed by atoms with Crippen LogP contribution in [0, 0.1) is 11.8 Å². The van der Waals surface area contributed by atoms with Gasteiger partial charge in [0, 0.05) is 25.2 Å². The number of hydrazine groups is 1. The van der Waals surface area contributed by atoms with Gasteiger partial charge in [-0.1, -0.05) is 40.7 Å². The molecule has 0 heterocycles. The molecule has 3 N–H and O–H groups in total. The molecule has 0 rings (SSSR count). The van der Waals surface area contributed by atoms with Gasteiger partial charge in [0.05, 0.1) is 12.6 Å². The summed E-state index contributed by atoms with van der Waals surface area (Å²) in [5.41, 5.74) is 2.87. The third-order valence-corrected chi connectivity index (χ3v) is 3.48. The van der Waals surface area contributed by atoms with Gasteiger partial charge in [0.2, 0.25) is 5.91 Å². The molecule has 0 aromatic carbocycles. The number of hydrogen-bond donors (Lipinski definition) is 3. The van der Waals surface area contributed by atoms with E-state index in [1.54, 1.807) is 20.2 Å². The molecular weight excluding hydrogens is 372 g/mol. The third-order valence-electron chi connectivity index (χ3n) is 3.48. The van der Waals surface area contributed by atoms with Gasteiger partial charge in [-0.15, -0.1) is 0 Å². The van der Waals surface area contributed by atoms with E-state index in [1.807, 2.05) is 34.6 Å². The Balaban J connectivity index is 0. The van der Waals surface area contributed by atoms with Crippen molar-refractivity contribution in [3.05, 3.63) is 11.6 Å². The number of carboxylic acids is 1. The van der Waals surface area contributed by atoms with Crippen LogP contribution >= 0.6 is 0 Å². The van der Waals surface area contributed by atoms with E-state index >= 15 is 0 Å². The van der Waals surface area contributed by atoms with E-state index in [9.17, 15) is 14.4 Å². The highest BCUT2D eigenvalue weighted by Gasteiger charge is 2.23. The minimum Gasteiger partial charge on any atom is -0.478 e. The lowest BCUT2D eigenvalue weighted by Gasteiger charge is -2.31. The molecule has 0 saturated carbocycles. The Kier molecular flexibility index (Phi) is 13.2. The van der Waals surface area contributed by atoms with Gasteiger partial charge < -0.3 is 15.3 Å². The van der Waals surface area contributed by atoms with Crippen molar-refractivity contribution < 1.29 is 19.5 Å². The molecule has 0 saturated heterocycles. The molecule has 0 fully saturated rings. The van der Waals surface area contributed by atoms with Crippen LogP contribution in [0.2, 0.25) is 0 Å². The largest absolute Gasteiger partial charge is 0.478 e. The Morgan fingerprint density at radius 1 is 1.03 bits per heavy atom. The number of carboxylic acid groups (broad SMARTS) is 1. The van der Waals surface area contributed by atoms with Crippen molar-refractivity contribution in [2.24, 2.45) is 11.8 Å². The lowest BCUT2D eigenvalue weighted by Crippen LogP contribution is -2.54. The Labute approximate surface area is 176 Å². The Morgan fingerprint density at radius 3 is 1.83 bits per heavy atom. The van der Waals surface area contributed by atoms with Gasteiger partial charge in [-0.05, 0) is 39.5 Å². The zero-order valence-electron chi connectivity index (χ0n) is 20.1. The van der Waals surface area contributed by atoms with E-state index in [0.717, 1.165) is 5.92 Å². The van der Waals surface area contributed by atoms with Crippen LogP contribution in [0.4, 0.5) is 4.79 Å². The van der Waals surface area contributed by atoms with Gasteiger partial charge >= 0.3 is 12.0 Å². The molecule has 170 valence electrons. The summed E-state index contributed by atoms with van der Waals surface area (Å²) in [5.74, 6) is -0.454. The van der Waals surface area contributed by atoms with Crippen molar-refractivity contribution >= 4 is 17.9 Å². The van der Waals surface area contributed by atoms with Crippen LogP contribution in [-0.2, 0) is 9.59 Å². The molecule has 0 bridgehead atoms. The fraction of sp³-hybridized carbons (Fsp3) is 0.762. The topological polar surface area (TPSA) is 102 Å². The van der Waals surface area contributed by atoms with Crippen molar-refractivity contribution in [2.75, 3.05) is 20.6 Å². The number of amides is 3. The van der Waals surface area contributed by atoms with Crippen molar-refractivity contribution in [3.8, 4) is 0 Å². The second-order valence-corrected chi connectivity index (χ2v) is 9.21. The maximum Gasteiger partial charge on any atom is 0.331 e. The molecule has 0 aliphatic heterocycles. The van der Waals surface area contributed by atoms with Crippen LogP contribution in [0.25, 0.3) is 0 Å². The lowest BCUT2D eigenvalue weighted by molar-refractivity contribution is -0.133. The molecule has 8 heteroatoms. The average Bonchev–Trinajstić information content (AvgIpc) is 2.53. The molecule has 0 radical (unpaired) electrons. The molecule has 0 spiro atoms. The number of hydrogen-bond acceptors (Lipinski definition) is 4. The summed E-state index contributed by atoms with van der Waals surface area (Å²) in [6.45, 7) is 17.4. The first-order valence-corrected chi connectivity index (χ1v) is 9.96. The van der Waals surface area contributed by atoms with E-state index in [1.165, 1.54) is 16.8 Å². The molecule has 1 atom stereocenters. The van der Waals surface area contributed by atoms with Crippen LogP contribution in [0.5, 0.6) is 0 Å². The normalized spacial score (nSPS) is 12.8. The first-order valence-electron chi connectivity index (χ1n) is 9.96. The second-order valence-electron chi connectivity index (χ2n) is 9.21.